The van der Waals surface area contributed by atoms with Crippen LogP contribution in [0.3, 0.4) is 0 Å². The van der Waals surface area contributed by atoms with Gasteiger partial charge in [0, 0.05) is 6.42 Å². The fourth-order valence-corrected chi connectivity index (χ4v) is 10.2. The van der Waals surface area contributed by atoms with Crippen LogP contribution in [0.25, 0.3) is 0 Å². The van der Waals surface area contributed by atoms with Gasteiger partial charge in [-0.15, -0.1) is 0 Å². The first-order valence-electron chi connectivity index (χ1n) is 33.1. The summed E-state index contributed by atoms with van der Waals surface area (Å²) in [5.74, 6) is -0.149. The summed E-state index contributed by atoms with van der Waals surface area (Å²) in [4.78, 5) is 23.4. The summed E-state index contributed by atoms with van der Waals surface area (Å²) in [6, 6.07) is -0.770. The maximum Gasteiger partial charge on any atom is 0.472 e. The van der Waals surface area contributed by atoms with E-state index in [1.54, 1.807) is 0 Å². The number of aliphatic hydroxyl groups is 1. The summed E-state index contributed by atoms with van der Waals surface area (Å²) < 4.78 is 23.9. The van der Waals surface area contributed by atoms with Gasteiger partial charge in [0.1, 0.15) is 13.2 Å². The normalized spacial score (nSPS) is 14.4. The zero-order valence-corrected chi connectivity index (χ0v) is 53.2. The topological polar surface area (TPSA) is 105 Å². The van der Waals surface area contributed by atoms with Gasteiger partial charge in [-0.3, -0.25) is 13.8 Å². The number of hydrogen-bond acceptors (Lipinski definition) is 5. The molecule has 0 saturated carbocycles. The Labute approximate surface area is 489 Å². The highest BCUT2D eigenvalue weighted by atomic mass is 31.2. The van der Waals surface area contributed by atoms with Gasteiger partial charge in [-0.05, 0) is 77.0 Å². The third kappa shape index (κ3) is 62.9. The Kier molecular flexibility index (Phi) is 58.1. The molecule has 0 heterocycles. The van der Waals surface area contributed by atoms with Gasteiger partial charge in [-0.1, -0.05) is 304 Å². The van der Waals surface area contributed by atoms with Crippen LogP contribution in [0, 0.1) is 0 Å². The lowest BCUT2D eigenvalue weighted by molar-refractivity contribution is -0.870. The fourth-order valence-electron chi connectivity index (χ4n) is 9.48. The first kappa shape index (κ1) is 76.4. The molecule has 3 unspecified atom stereocenters. The summed E-state index contributed by atoms with van der Waals surface area (Å²) in [6.45, 7) is 4.79. The molecule has 0 aromatic heterocycles. The second kappa shape index (κ2) is 60.0. The largest absolute Gasteiger partial charge is 0.472 e. The highest BCUT2D eigenvalue weighted by Crippen LogP contribution is 2.43. The van der Waals surface area contributed by atoms with Crippen LogP contribution in [-0.2, 0) is 18.4 Å². The number of nitrogens with zero attached hydrogens (tertiary/aromatic N) is 1. The Morgan fingerprint density at radius 2 is 0.759 bits per heavy atom. The summed E-state index contributed by atoms with van der Waals surface area (Å²) in [7, 11) is 1.61. The average Bonchev–Trinajstić information content (AvgIpc) is 3.42. The van der Waals surface area contributed by atoms with Crippen molar-refractivity contribution in [2.45, 2.75) is 302 Å². The monoisotopic (exact) mass is 1120 g/mol. The highest BCUT2D eigenvalue weighted by Gasteiger charge is 2.28. The van der Waals surface area contributed by atoms with Crippen LogP contribution in [0.1, 0.15) is 290 Å². The first-order valence-corrected chi connectivity index (χ1v) is 34.6. The second-order valence-electron chi connectivity index (χ2n) is 23.5. The van der Waals surface area contributed by atoms with Crippen LogP contribution in [0.15, 0.2) is 97.2 Å². The Balaban J connectivity index is 4.11. The summed E-state index contributed by atoms with van der Waals surface area (Å²) in [6.07, 6.45) is 86.2. The number of nitrogens with one attached hydrogen (secondary N) is 1. The maximum atomic E-state index is 13.1. The van der Waals surface area contributed by atoms with Gasteiger partial charge < -0.3 is 19.8 Å². The quantitative estimate of drug-likeness (QED) is 0.0243. The molecule has 8 nitrogen and oxygen atoms in total. The molecule has 0 aliphatic heterocycles. The number of unbranched alkanes of at least 4 members (excludes halogenated alkanes) is 31. The van der Waals surface area contributed by atoms with Crippen molar-refractivity contribution in [2.75, 3.05) is 40.9 Å². The van der Waals surface area contributed by atoms with E-state index in [0.29, 0.717) is 23.9 Å². The molecule has 1 amide bonds. The summed E-state index contributed by atoms with van der Waals surface area (Å²) in [5.41, 5.74) is 0. The van der Waals surface area contributed by atoms with E-state index in [1.807, 2.05) is 21.1 Å². The van der Waals surface area contributed by atoms with Crippen molar-refractivity contribution in [2.24, 2.45) is 0 Å². The van der Waals surface area contributed by atoms with Gasteiger partial charge in [0.25, 0.3) is 0 Å². The van der Waals surface area contributed by atoms with Crippen molar-refractivity contribution in [3.05, 3.63) is 97.2 Å². The summed E-state index contributed by atoms with van der Waals surface area (Å²) in [5, 5.41) is 14.1. The predicted octanol–water partition coefficient (Wildman–Crippen LogP) is 20.9. The number of rotatable bonds is 60. The number of phosphoric ester groups is 1. The molecule has 0 aromatic carbocycles. The SMILES string of the molecule is CC/C=C\C/C=C\C/C=C\C/C=C\C/C=C\C/C=C\C/C=C\C/C=C\CCCCCCCCCCCCC(=O)NC(COP(=O)(O)OCC[N+](C)(C)C)C(O)CCCCCCCCCCCCCCCCCCCCCCCC. The van der Waals surface area contributed by atoms with Gasteiger partial charge in [0.15, 0.2) is 0 Å². The minimum absolute atomic E-state index is 0.0704. The lowest BCUT2D eigenvalue weighted by Crippen LogP contribution is -2.46. The van der Waals surface area contributed by atoms with Crippen LogP contribution in [0.2, 0.25) is 0 Å². The fraction of sp³-hybridized carbons (Fsp3) is 0.757. The Hall–Kier alpha value is -2.58. The zero-order chi connectivity index (χ0) is 57.7. The molecule has 0 saturated heterocycles. The lowest BCUT2D eigenvalue weighted by Gasteiger charge is -2.26. The van der Waals surface area contributed by atoms with E-state index < -0.39 is 20.0 Å². The molecule has 0 radical (unpaired) electrons. The number of carbonyl (C=O) groups is 1. The van der Waals surface area contributed by atoms with E-state index in [0.717, 1.165) is 96.3 Å². The van der Waals surface area contributed by atoms with Crippen LogP contribution in [-0.4, -0.2) is 73.4 Å². The van der Waals surface area contributed by atoms with Gasteiger partial charge in [0.2, 0.25) is 5.91 Å². The highest BCUT2D eigenvalue weighted by molar-refractivity contribution is 7.47. The number of aliphatic hydroxyl groups excluding tert-OH is 1. The molecule has 3 N–H and O–H groups in total. The van der Waals surface area contributed by atoms with E-state index in [4.69, 9.17) is 9.05 Å². The molecule has 0 rings (SSSR count). The Bertz CT molecular complexity index is 1610. The van der Waals surface area contributed by atoms with Crippen LogP contribution < -0.4 is 5.32 Å². The molecule has 9 heteroatoms. The van der Waals surface area contributed by atoms with E-state index in [1.165, 1.54) is 167 Å². The molecule has 79 heavy (non-hydrogen) atoms. The van der Waals surface area contributed by atoms with Crippen molar-refractivity contribution >= 4 is 13.7 Å². The van der Waals surface area contributed by atoms with Gasteiger partial charge in [0.05, 0.1) is 39.9 Å². The molecular weight excluding hydrogens is 996 g/mol. The smallest absolute Gasteiger partial charge is 0.391 e. The van der Waals surface area contributed by atoms with Crippen LogP contribution in [0.4, 0.5) is 0 Å². The maximum absolute atomic E-state index is 13.1. The van der Waals surface area contributed by atoms with Gasteiger partial charge in [-0.25, -0.2) is 4.57 Å². The molecular formula is C70H128N2O6P+. The van der Waals surface area contributed by atoms with Crippen LogP contribution in [0.5, 0.6) is 0 Å². The number of allylic oxidation sites excluding steroid dienone is 16. The number of quaternary nitrogens is 1. The third-order valence-corrected chi connectivity index (χ3v) is 15.6. The number of phosphoric acid groups is 1. The summed E-state index contributed by atoms with van der Waals surface area (Å²) >= 11 is 0. The third-order valence-electron chi connectivity index (χ3n) is 14.6. The zero-order valence-electron chi connectivity index (χ0n) is 52.3. The number of likely N-dealkylation sites (N-methyl/N-ethyl adjacent to an activating group) is 1. The first-order chi connectivity index (χ1) is 38.5. The number of hydrogen-bond donors (Lipinski definition) is 3. The standard InChI is InChI=1S/C70H127N2O6P/c1-6-8-10-12-14-16-18-20-22-24-26-28-30-31-32-33-34-35-36-37-38-39-40-41-42-44-46-48-50-52-54-56-58-60-62-64-70(74)71-68(67-78-79(75,76)77-66-65-72(3,4)5)69(73)63-61-59-57-55-53-51-49-47-45-43-29-27-25-23-21-19-17-15-13-11-9-7-2/h8,10,14,16,20,22,26,28,31-32,34-35,37-38,40-41,68-69,73H,6-7,9,11-13,15,17-19,21,23-25,27,29-30,33,36,39,42-67H2,1-5H3,(H-,71,74,75,76)/p+1/b10-8-,16-14-,22-20-,28-26-,32-31-,35-34-,38-37-,41-40-. The second-order valence-corrected chi connectivity index (χ2v) is 24.9. The Morgan fingerprint density at radius 3 is 1.11 bits per heavy atom. The van der Waals surface area contributed by atoms with Gasteiger partial charge in [-0.2, -0.15) is 0 Å². The minimum Gasteiger partial charge on any atom is -0.391 e. The van der Waals surface area contributed by atoms with E-state index in [9.17, 15) is 19.4 Å². The molecule has 458 valence electrons. The molecule has 0 aliphatic rings. The lowest BCUT2D eigenvalue weighted by atomic mass is 10.0. The molecule has 0 aliphatic carbocycles. The predicted molar refractivity (Wildman–Crippen MR) is 346 cm³/mol. The van der Waals surface area contributed by atoms with Crippen LogP contribution >= 0.6 is 7.82 Å². The molecule has 3 atom stereocenters. The number of amides is 1. The molecule has 0 aromatic rings. The van der Waals surface area contributed by atoms with Crippen molar-refractivity contribution in [1.29, 1.82) is 0 Å². The Morgan fingerprint density at radius 1 is 0.443 bits per heavy atom. The van der Waals surface area contributed by atoms with Gasteiger partial charge >= 0.3 is 7.82 Å². The molecule has 0 fully saturated rings. The minimum atomic E-state index is -4.33. The molecule has 0 bridgehead atoms. The van der Waals surface area contributed by atoms with Crippen molar-refractivity contribution < 1.29 is 32.9 Å². The van der Waals surface area contributed by atoms with E-state index in [-0.39, 0.29) is 19.1 Å². The number of carbonyl (C=O) groups excluding carboxylic acids is 1. The van der Waals surface area contributed by atoms with Crippen molar-refractivity contribution in [3.63, 3.8) is 0 Å². The van der Waals surface area contributed by atoms with E-state index in [2.05, 4.69) is 116 Å². The average molecular weight is 1120 g/mol. The molecule has 0 spiro atoms. The van der Waals surface area contributed by atoms with Crippen molar-refractivity contribution in [3.8, 4) is 0 Å². The van der Waals surface area contributed by atoms with E-state index >= 15 is 0 Å². The van der Waals surface area contributed by atoms with Crippen molar-refractivity contribution in [1.82, 2.24) is 5.32 Å².